The molecule has 0 radical (unpaired) electrons. The molecule has 0 bridgehead atoms. The second kappa shape index (κ2) is 8.51. The van der Waals surface area contributed by atoms with Crippen molar-refractivity contribution in [1.29, 1.82) is 0 Å². The Balaban J connectivity index is 1.90. The zero-order chi connectivity index (χ0) is 18.4. The number of rotatable bonds is 7. The molecule has 0 saturated carbocycles. The first kappa shape index (κ1) is 18.8. The number of carbonyl (C=O) groups excluding carboxylic acids is 2. The smallest absolute Gasteiger partial charge is 0.341 e. The van der Waals surface area contributed by atoms with Crippen molar-refractivity contribution in [2.24, 2.45) is 0 Å². The Morgan fingerprint density at radius 3 is 2.40 bits per heavy atom. The summed E-state index contributed by atoms with van der Waals surface area (Å²) < 4.78 is 10.3. The van der Waals surface area contributed by atoms with E-state index in [4.69, 9.17) is 9.15 Å². The quantitative estimate of drug-likeness (QED) is 0.722. The molecule has 0 aliphatic carbocycles. The third-order valence-electron chi connectivity index (χ3n) is 4.25. The topological polar surface area (TPSA) is 59.8 Å². The van der Waals surface area contributed by atoms with Gasteiger partial charge in [0.1, 0.15) is 17.1 Å². The molecule has 0 atom stereocenters. The van der Waals surface area contributed by atoms with Crippen molar-refractivity contribution in [3.8, 4) is 0 Å². The lowest BCUT2D eigenvalue weighted by molar-refractivity contribution is -0.130. The molecule has 25 heavy (non-hydrogen) atoms. The summed E-state index contributed by atoms with van der Waals surface area (Å²) in [6, 6.07) is 9.98. The Kier molecular flexibility index (Phi) is 6.39. The van der Waals surface area contributed by atoms with E-state index in [-0.39, 0.29) is 5.91 Å². The molecule has 2 aromatic rings. The summed E-state index contributed by atoms with van der Waals surface area (Å²) in [6.07, 6.45) is 2.15. The first-order valence-corrected chi connectivity index (χ1v) is 8.44. The third kappa shape index (κ3) is 4.95. The number of nitrogens with zero attached hydrogens (tertiary/aromatic N) is 1. The number of hydrogen-bond donors (Lipinski definition) is 0. The Labute approximate surface area is 148 Å². The van der Waals surface area contributed by atoms with Gasteiger partial charge in [0.15, 0.2) is 0 Å². The van der Waals surface area contributed by atoms with Crippen LogP contribution >= 0.6 is 0 Å². The third-order valence-corrected chi connectivity index (χ3v) is 4.25. The summed E-state index contributed by atoms with van der Waals surface area (Å²) in [5.41, 5.74) is 2.84. The highest BCUT2D eigenvalue weighted by atomic mass is 16.5. The highest BCUT2D eigenvalue weighted by Crippen LogP contribution is 2.17. The van der Waals surface area contributed by atoms with Gasteiger partial charge in [0.05, 0.1) is 13.7 Å². The van der Waals surface area contributed by atoms with Gasteiger partial charge in [0.2, 0.25) is 5.91 Å². The molecule has 134 valence electrons. The van der Waals surface area contributed by atoms with Crippen LogP contribution in [0.3, 0.4) is 0 Å². The number of furan rings is 1. The lowest BCUT2D eigenvalue weighted by Gasteiger charge is -2.15. The molecule has 0 unspecified atom stereocenters. The Bertz CT molecular complexity index is 731. The number of hydrogen-bond acceptors (Lipinski definition) is 4. The van der Waals surface area contributed by atoms with Crippen LogP contribution in [-0.2, 0) is 28.9 Å². The molecule has 0 aliphatic heterocycles. The fraction of sp³-hybridized carbons (Fsp3) is 0.400. The Morgan fingerprint density at radius 2 is 1.80 bits per heavy atom. The molecule has 1 heterocycles. The molecule has 0 aliphatic rings. The van der Waals surface area contributed by atoms with Crippen molar-refractivity contribution in [2.45, 2.75) is 39.7 Å². The van der Waals surface area contributed by atoms with Gasteiger partial charge in [-0.15, -0.1) is 0 Å². The monoisotopic (exact) mass is 343 g/mol. The van der Waals surface area contributed by atoms with E-state index in [0.717, 1.165) is 12.0 Å². The maximum Gasteiger partial charge on any atom is 0.341 e. The van der Waals surface area contributed by atoms with Crippen LogP contribution in [0.25, 0.3) is 0 Å². The number of esters is 1. The molecular weight excluding hydrogens is 318 g/mol. The van der Waals surface area contributed by atoms with Gasteiger partial charge in [-0.25, -0.2) is 4.79 Å². The minimum atomic E-state index is -0.433. The lowest BCUT2D eigenvalue weighted by Crippen LogP contribution is -2.26. The van der Waals surface area contributed by atoms with Gasteiger partial charge in [-0.05, 0) is 37.0 Å². The Hall–Kier alpha value is -2.56. The summed E-state index contributed by atoms with van der Waals surface area (Å²) in [5.74, 6) is 0.671. The molecule has 1 aromatic carbocycles. The molecule has 0 N–H and O–H groups in total. The van der Waals surface area contributed by atoms with E-state index in [1.165, 1.54) is 12.7 Å². The zero-order valence-corrected chi connectivity index (χ0v) is 15.3. The molecular formula is C20H25NO4. The fourth-order valence-electron chi connectivity index (χ4n) is 2.64. The number of carbonyl (C=O) groups is 2. The molecule has 5 heteroatoms. The molecule has 0 fully saturated rings. The number of benzene rings is 1. The first-order chi connectivity index (χ1) is 11.9. The zero-order valence-electron chi connectivity index (χ0n) is 15.3. The van der Waals surface area contributed by atoms with E-state index in [9.17, 15) is 9.59 Å². The average molecular weight is 343 g/mol. The fourth-order valence-corrected chi connectivity index (χ4v) is 2.64. The molecule has 5 nitrogen and oxygen atoms in total. The van der Waals surface area contributed by atoms with Crippen LogP contribution in [0.1, 0.15) is 46.3 Å². The summed E-state index contributed by atoms with van der Waals surface area (Å²) >= 11 is 0. The SMILES string of the molecule is CCc1ccc(CCC(=O)N(C)Cc2cc(C(=O)OC)c(C)o2)cc1. The minimum Gasteiger partial charge on any atom is -0.465 e. The molecule has 0 spiro atoms. The number of methoxy groups -OCH3 is 1. The summed E-state index contributed by atoms with van der Waals surface area (Å²) in [7, 11) is 3.06. The normalized spacial score (nSPS) is 10.6. The molecule has 1 amide bonds. The van der Waals surface area contributed by atoms with Crippen molar-refractivity contribution in [3.63, 3.8) is 0 Å². The van der Waals surface area contributed by atoms with E-state index in [1.807, 2.05) is 0 Å². The largest absolute Gasteiger partial charge is 0.465 e. The maximum absolute atomic E-state index is 12.3. The Morgan fingerprint density at radius 1 is 1.16 bits per heavy atom. The second-order valence-electron chi connectivity index (χ2n) is 6.09. The van der Waals surface area contributed by atoms with E-state index >= 15 is 0 Å². The van der Waals surface area contributed by atoms with Crippen LogP contribution in [0.4, 0.5) is 0 Å². The van der Waals surface area contributed by atoms with Crippen LogP contribution < -0.4 is 0 Å². The van der Waals surface area contributed by atoms with E-state index in [0.29, 0.717) is 36.5 Å². The van der Waals surface area contributed by atoms with Crippen molar-refractivity contribution in [1.82, 2.24) is 4.90 Å². The number of aryl methyl sites for hydroxylation is 3. The molecule has 1 aromatic heterocycles. The number of amides is 1. The van der Waals surface area contributed by atoms with Crippen LogP contribution in [0.2, 0.25) is 0 Å². The van der Waals surface area contributed by atoms with Gasteiger partial charge in [-0.3, -0.25) is 4.79 Å². The van der Waals surface area contributed by atoms with E-state index in [1.54, 1.807) is 24.9 Å². The predicted molar refractivity (Wildman–Crippen MR) is 95.4 cm³/mol. The minimum absolute atomic E-state index is 0.0354. The van der Waals surface area contributed by atoms with Crippen molar-refractivity contribution in [3.05, 3.63) is 58.5 Å². The van der Waals surface area contributed by atoms with Gasteiger partial charge >= 0.3 is 5.97 Å². The summed E-state index contributed by atoms with van der Waals surface area (Å²) in [5, 5.41) is 0. The second-order valence-corrected chi connectivity index (χ2v) is 6.09. The highest BCUT2D eigenvalue weighted by Gasteiger charge is 2.17. The maximum atomic E-state index is 12.3. The first-order valence-electron chi connectivity index (χ1n) is 8.44. The van der Waals surface area contributed by atoms with Gasteiger partial charge in [0, 0.05) is 13.5 Å². The van der Waals surface area contributed by atoms with Crippen LogP contribution in [0.5, 0.6) is 0 Å². The van der Waals surface area contributed by atoms with Crippen LogP contribution in [0.15, 0.2) is 34.7 Å². The van der Waals surface area contributed by atoms with Crippen LogP contribution in [-0.4, -0.2) is 30.9 Å². The lowest BCUT2D eigenvalue weighted by atomic mass is 10.1. The predicted octanol–water partition coefficient (Wildman–Crippen LogP) is 3.53. The highest BCUT2D eigenvalue weighted by molar-refractivity contribution is 5.90. The van der Waals surface area contributed by atoms with E-state index in [2.05, 4.69) is 31.2 Å². The van der Waals surface area contributed by atoms with Crippen LogP contribution in [0, 0.1) is 6.92 Å². The van der Waals surface area contributed by atoms with Crippen molar-refractivity contribution < 1.29 is 18.7 Å². The average Bonchev–Trinajstić information content (AvgIpc) is 2.99. The number of ether oxygens (including phenoxy) is 1. The molecule has 2 rings (SSSR count). The van der Waals surface area contributed by atoms with Gasteiger partial charge < -0.3 is 14.1 Å². The molecule has 0 saturated heterocycles. The van der Waals surface area contributed by atoms with Crippen molar-refractivity contribution >= 4 is 11.9 Å². The van der Waals surface area contributed by atoms with Gasteiger partial charge in [-0.1, -0.05) is 31.2 Å². The summed E-state index contributed by atoms with van der Waals surface area (Å²) in [6.45, 7) is 4.15. The summed E-state index contributed by atoms with van der Waals surface area (Å²) in [4.78, 5) is 25.5. The van der Waals surface area contributed by atoms with Crippen molar-refractivity contribution in [2.75, 3.05) is 14.2 Å². The van der Waals surface area contributed by atoms with E-state index < -0.39 is 5.97 Å². The van der Waals surface area contributed by atoms with Gasteiger partial charge in [0.25, 0.3) is 0 Å². The standard InChI is InChI=1S/C20H25NO4/c1-5-15-6-8-16(9-7-15)10-11-19(22)21(3)13-17-12-18(14(2)25-17)20(23)24-4/h6-9,12H,5,10-11,13H2,1-4H3. The van der Waals surface area contributed by atoms with Gasteiger partial charge in [-0.2, -0.15) is 0 Å².